The third-order valence-corrected chi connectivity index (χ3v) is 4.19. The molecule has 0 aromatic heterocycles. The standard InChI is InChI=1S/C15H29N3O2/c1-15(2,3)20-14(19)18-17-13-9-6-7-11(13)12-8-4-5-10-16-12/h11-13,16-17H,4-10H2,1-3H3,(H,18,19). The van der Waals surface area contributed by atoms with Crippen molar-refractivity contribution in [1.82, 2.24) is 16.2 Å². The quantitative estimate of drug-likeness (QED) is 0.696. The minimum Gasteiger partial charge on any atom is -0.443 e. The highest BCUT2D eigenvalue weighted by atomic mass is 16.6. The van der Waals surface area contributed by atoms with Gasteiger partial charge in [-0.25, -0.2) is 10.2 Å². The molecule has 5 nitrogen and oxygen atoms in total. The zero-order valence-corrected chi connectivity index (χ0v) is 13.0. The molecule has 2 fully saturated rings. The Bertz CT molecular complexity index is 322. The molecule has 0 radical (unpaired) electrons. The molecular weight excluding hydrogens is 254 g/mol. The van der Waals surface area contributed by atoms with E-state index in [9.17, 15) is 4.79 Å². The topological polar surface area (TPSA) is 62.4 Å². The lowest BCUT2D eigenvalue weighted by Crippen LogP contribution is -2.52. The Morgan fingerprint density at radius 1 is 1.15 bits per heavy atom. The van der Waals surface area contributed by atoms with Crippen molar-refractivity contribution in [2.24, 2.45) is 5.92 Å². The normalized spacial score (nSPS) is 31.1. The number of carbonyl (C=O) groups is 1. The lowest BCUT2D eigenvalue weighted by molar-refractivity contribution is 0.0478. The van der Waals surface area contributed by atoms with Crippen molar-refractivity contribution in [1.29, 1.82) is 0 Å². The Morgan fingerprint density at radius 2 is 1.95 bits per heavy atom. The fourth-order valence-electron chi connectivity index (χ4n) is 3.35. The Hall–Kier alpha value is -0.810. The van der Waals surface area contributed by atoms with Crippen molar-refractivity contribution in [2.45, 2.75) is 77.0 Å². The van der Waals surface area contributed by atoms with Gasteiger partial charge in [0, 0.05) is 12.1 Å². The Morgan fingerprint density at radius 3 is 2.60 bits per heavy atom. The zero-order valence-electron chi connectivity index (χ0n) is 13.0. The van der Waals surface area contributed by atoms with Gasteiger partial charge in [0.05, 0.1) is 0 Å². The highest BCUT2D eigenvalue weighted by Gasteiger charge is 2.34. The molecule has 0 aromatic rings. The molecule has 2 rings (SSSR count). The summed E-state index contributed by atoms with van der Waals surface area (Å²) in [6, 6.07) is 0.960. The average Bonchev–Trinajstić information content (AvgIpc) is 2.83. The predicted molar refractivity (Wildman–Crippen MR) is 79.3 cm³/mol. The van der Waals surface area contributed by atoms with Crippen molar-refractivity contribution < 1.29 is 9.53 Å². The van der Waals surface area contributed by atoms with E-state index in [-0.39, 0.29) is 6.09 Å². The van der Waals surface area contributed by atoms with E-state index in [0.29, 0.717) is 18.0 Å². The van der Waals surface area contributed by atoms with Crippen molar-refractivity contribution in [3.8, 4) is 0 Å². The summed E-state index contributed by atoms with van der Waals surface area (Å²) in [7, 11) is 0. The van der Waals surface area contributed by atoms with Crippen LogP contribution in [0.4, 0.5) is 4.79 Å². The molecule has 5 heteroatoms. The van der Waals surface area contributed by atoms with Gasteiger partial charge in [-0.15, -0.1) is 0 Å². The fourth-order valence-corrected chi connectivity index (χ4v) is 3.35. The lowest BCUT2D eigenvalue weighted by Gasteiger charge is -2.33. The molecule has 1 amide bonds. The van der Waals surface area contributed by atoms with E-state index in [4.69, 9.17) is 4.74 Å². The lowest BCUT2D eigenvalue weighted by atomic mass is 9.88. The van der Waals surface area contributed by atoms with Crippen LogP contribution in [0.25, 0.3) is 0 Å². The van der Waals surface area contributed by atoms with Gasteiger partial charge in [-0.2, -0.15) is 0 Å². The molecule has 1 aliphatic heterocycles. The van der Waals surface area contributed by atoms with Crippen molar-refractivity contribution in [3.05, 3.63) is 0 Å². The van der Waals surface area contributed by atoms with Crippen molar-refractivity contribution >= 4 is 6.09 Å². The zero-order chi connectivity index (χ0) is 14.6. The summed E-state index contributed by atoms with van der Waals surface area (Å²) in [6.07, 6.45) is 7.08. The maximum absolute atomic E-state index is 11.7. The number of rotatable bonds is 3. The molecule has 0 spiro atoms. The van der Waals surface area contributed by atoms with Gasteiger partial charge in [0.1, 0.15) is 5.60 Å². The summed E-state index contributed by atoms with van der Waals surface area (Å²) in [5, 5.41) is 3.63. The molecule has 3 unspecified atom stereocenters. The predicted octanol–water partition coefficient (Wildman–Crippen LogP) is 2.33. The van der Waals surface area contributed by atoms with Gasteiger partial charge in [0.15, 0.2) is 0 Å². The van der Waals surface area contributed by atoms with E-state index in [1.54, 1.807) is 0 Å². The van der Waals surface area contributed by atoms with E-state index in [2.05, 4.69) is 16.2 Å². The maximum Gasteiger partial charge on any atom is 0.422 e. The molecule has 1 saturated heterocycles. The summed E-state index contributed by atoms with van der Waals surface area (Å²) in [5.74, 6) is 0.616. The smallest absolute Gasteiger partial charge is 0.422 e. The van der Waals surface area contributed by atoms with Gasteiger partial charge in [-0.3, -0.25) is 5.43 Å². The van der Waals surface area contributed by atoms with Crippen molar-refractivity contribution in [2.75, 3.05) is 6.54 Å². The Labute approximate surface area is 122 Å². The van der Waals surface area contributed by atoms with Crippen molar-refractivity contribution in [3.63, 3.8) is 0 Å². The first kappa shape index (κ1) is 15.6. The second kappa shape index (κ2) is 6.76. The van der Waals surface area contributed by atoms with Gasteiger partial charge in [0.25, 0.3) is 0 Å². The molecule has 20 heavy (non-hydrogen) atoms. The third-order valence-electron chi connectivity index (χ3n) is 4.19. The first-order valence-corrected chi connectivity index (χ1v) is 7.93. The number of hydrogen-bond acceptors (Lipinski definition) is 4. The molecule has 2 aliphatic rings. The van der Waals surface area contributed by atoms with Crippen LogP contribution >= 0.6 is 0 Å². The van der Waals surface area contributed by atoms with Crippen LogP contribution in [0.1, 0.15) is 59.3 Å². The molecule has 0 aromatic carbocycles. The number of ether oxygens (including phenoxy) is 1. The van der Waals surface area contributed by atoms with Gasteiger partial charge in [-0.05, 0) is 58.9 Å². The number of nitrogens with one attached hydrogen (secondary N) is 3. The highest BCUT2D eigenvalue weighted by molar-refractivity contribution is 5.67. The van der Waals surface area contributed by atoms with Crippen LogP contribution < -0.4 is 16.2 Å². The third kappa shape index (κ3) is 4.63. The molecule has 1 aliphatic carbocycles. The number of amides is 1. The molecular formula is C15H29N3O2. The molecule has 116 valence electrons. The van der Waals surface area contributed by atoms with Crippen LogP contribution in [0.3, 0.4) is 0 Å². The summed E-state index contributed by atoms with van der Waals surface area (Å²) in [6.45, 7) is 6.75. The largest absolute Gasteiger partial charge is 0.443 e. The minimum atomic E-state index is -0.453. The van der Waals surface area contributed by atoms with Gasteiger partial charge in [0.2, 0.25) is 0 Å². The SMILES string of the molecule is CC(C)(C)OC(=O)NNC1CCCC1C1CCCCN1. The monoisotopic (exact) mass is 283 g/mol. The minimum absolute atomic E-state index is 0.359. The second-order valence-corrected chi connectivity index (χ2v) is 7.03. The Balaban J connectivity index is 1.77. The van der Waals surface area contributed by atoms with E-state index in [0.717, 1.165) is 13.0 Å². The first-order valence-electron chi connectivity index (χ1n) is 7.93. The van der Waals surface area contributed by atoms with Crippen LogP contribution in [0.5, 0.6) is 0 Å². The molecule has 1 saturated carbocycles. The molecule has 3 atom stereocenters. The van der Waals surface area contributed by atoms with E-state index >= 15 is 0 Å². The van der Waals surface area contributed by atoms with Crippen LogP contribution in [0.2, 0.25) is 0 Å². The number of hydrazine groups is 1. The molecule has 0 bridgehead atoms. The highest BCUT2D eigenvalue weighted by Crippen LogP contribution is 2.31. The molecule has 3 N–H and O–H groups in total. The van der Waals surface area contributed by atoms with E-state index in [1.807, 2.05) is 20.8 Å². The Kier molecular flexibility index (Phi) is 5.27. The number of carbonyl (C=O) groups excluding carboxylic acids is 1. The number of hydrogen-bond donors (Lipinski definition) is 3. The fraction of sp³-hybridized carbons (Fsp3) is 0.933. The van der Waals surface area contributed by atoms with Gasteiger partial charge >= 0.3 is 6.09 Å². The van der Waals surface area contributed by atoms with Gasteiger partial charge in [-0.1, -0.05) is 12.8 Å². The van der Waals surface area contributed by atoms with Crippen LogP contribution in [0, 0.1) is 5.92 Å². The summed E-state index contributed by atoms with van der Waals surface area (Å²) in [5.41, 5.74) is 5.45. The number of piperidine rings is 1. The van der Waals surface area contributed by atoms with Crippen LogP contribution in [0.15, 0.2) is 0 Å². The second-order valence-electron chi connectivity index (χ2n) is 7.03. The average molecular weight is 283 g/mol. The summed E-state index contributed by atoms with van der Waals surface area (Å²) >= 11 is 0. The summed E-state index contributed by atoms with van der Waals surface area (Å²) < 4.78 is 5.25. The van der Waals surface area contributed by atoms with E-state index < -0.39 is 5.60 Å². The maximum atomic E-state index is 11.7. The first-order chi connectivity index (χ1) is 9.46. The van der Waals surface area contributed by atoms with Crippen LogP contribution in [-0.4, -0.2) is 30.3 Å². The van der Waals surface area contributed by atoms with Crippen LogP contribution in [-0.2, 0) is 4.74 Å². The van der Waals surface area contributed by atoms with Gasteiger partial charge < -0.3 is 10.1 Å². The molecule has 1 heterocycles. The van der Waals surface area contributed by atoms with E-state index in [1.165, 1.54) is 32.1 Å². The summed E-state index contributed by atoms with van der Waals surface area (Å²) in [4.78, 5) is 11.7.